The first-order chi connectivity index (χ1) is 9.25. The number of allylic oxidation sites excluding steroid dienone is 6. The summed E-state index contributed by atoms with van der Waals surface area (Å²) in [7, 11) is 0. The van der Waals surface area contributed by atoms with E-state index in [1.807, 2.05) is 12.1 Å². The Morgan fingerprint density at radius 1 is 1.11 bits per heavy atom. The van der Waals surface area contributed by atoms with Gasteiger partial charge in [0.25, 0.3) is 0 Å². The van der Waals surface area contributed by atoms with E-state index in [4.69, 9.17) is 11.6 Å². The molecule has 0 aliphatic heterocycles. The fraction of sp³-hybridized carbons (Fsp3) is 0.294. The standard InChI is InChI=1S/C17H17ClO/c18-13-8-9-14-15(11-17(19)16(14)10-13)12-6-4-2-1-3-5-7-12/h2,4-10,15,17,19H,1,3,11H2/b4-2-,7-5-,12-6+. The molecule has 2 aliphatic rings. The van der Waals surface area contributed by atoms with E-state index in [9.17, 15) is 5.11 Å². The van der Waals surface area contributed by atoms with E-state index < -0.39 is 6.10 Å². The van der Waals surface area contributed by atoms with Crippen LogP contribution >= 0.6 is 11.6 Å². The maximum Gasteiger partial charge on any atom is 0.0802 e. The van der Waals surface area contributed by atoms with Crippen molar-refractivity contribution in [2.45, 2.75) is 31.3 Å². The number of aliphatic hydroxyl groups is 1. The van der Waals surface area contributed by atoms with Gasteiger partial charge in [-0.05, 0) is 48.1 Å². The third-order valence-corrected chi connectivity index (χ3v) is 4.11. The number of benzene rings is 1. The van der Waals surface area contributed by atoms with E-state index in [2.05, 4.69) is 36.4 Å². The maximum atomic E-state index is 10.2. The average molecular weight is 273 g/mol. The molecule has 0 aromatic heterocycles. The van der Waals surface area contributed by atoms with Crippen LogP contribution < -0.4 is 0 Å². The predicted octanol–water partition coefficient (Wildman–Crippen LogP) is 4.69. The predicted molar refractivity (Wildman–Crippen MR) is 79.4 cm³/mol. The molecule has 98 valence electrons. The summed E-state index contributed by atoms with van der Waals surface area (Å²) in [5.41, 5.74) is 3.47. The first kappa shape index (κ1) is 12.7. The summed E-state index contributed by atoms with van der Waals surface area (Å²) in [5.74, 6) is 0.279. The van der Waals surface area contributed by atoms with Crippen LogP contribution in [0.15, 0.2) is 54.2 Å². The second-order valence-electron chi connectivity index (χ2n) is 5.15. The minimum atomic E-state index is -0.401. The Labute approximate surface area is 118 Å². The molecule has 0 spiro atoms. The number of halogens is 1. The molecular weight excluding hydrogens is 256 g/mol. The first-order valence-electron chi connectivity index (χ1n) is 6.76. The maximum absolute atomic E-state index is 10.2. The zero-order chi connectivity index (χ0) is 13.2. The smallest absolute Gasteiger partial charge is 0.0802 e. The molecule has 0 amide bonds. The highest BCUT2D eigenvalue weighted by Crippen LogP contribution is 2.45. The molecule has 1 aromatic carbocycles. The fourth-order valence-electron chi connectivity index (χ4n) is 2.92. The monoisotopic (exact) mass is 272 g/mol. The van der Waals surface area contributed by atoms with Crippen LogP contribution in [0.5, 0.6) is 0 Å². The fourth-order valence-corrected chi connectivity index (χ4v) is 3.10. The highest BCUT2D eigenvalue weighted by atomic mass is 35.5. The summed E-state index contributed by atoms with van der Waals surface area (Å²) in [6.45, 7) is 0. The third kappa shape index (κ3) is 2.54. The molecule has 0 radical (unpaired) electrons. The molecule has 1 nitrogen and oxygen atoms in total. The van der Waals surface area contributed by atoms with Gasteiger partial charge in [0.1, 0.15) is 0 Å². The lowest BCUT2D eigenvalue weighted by Gasteiger charge is -2.13. The molecular formula is C17H17ClO. The van der Waals surface area contributed by atoms with Gasteiger partial charge in [-0.2, -0.15) is 0 Å². The van der Waals surface area contributed by atoms with Gasteiger partial charge in [-0.3, -0.25) is 0 Å². The van der Waals surface area contributed by atoms with Gasteiger partial charge in [-0.1, -0.05) is 48.0 Å². The van der Waals surface area contributed by atoms with E-state index in [0.717, 1.165) is 24.8 Å². The summed E-state index contributed by atoms with van der Waals surface area (Å²) in [6, 6.07) is 5.86. The number of hydrogen-bond donors (Lipinski definition) is 1. The highest BCUT2D eigenvalue weighted by Gasteiger charge is 2.31. The van der Waals surface area contributed by atoms with Crippen molar-refractivity contribution >= 4 is 11.6 Å². The van der Waals surface area contributed by atoms with E-state index in [1.165, 1.54) is 11.1 Å². The lowest BCUT2D eigenvalue weighted by molar-refractivity contribution is 0.176. The lowest BCUT2D eigenvalue weighted by atomic mass is 9.91. The van der Waals surface area contributed by atoms with Crippen molar-refractivity contribution in [3.63, 3.8) is 0 Å². The SMILES string of the molecule is OC1CC(C2=C/C=C\CC/C=C\2)c2ccc(Cl)cc21. The van der Waals surface area contributed by atoms with Gasteiger partial charge in [0.15, 0.2) is 0 Å². The Balaban J connectivity index is 2.00. The Morgan fingerprint density at radius 3 is 2.84 bits per heavy atom. The molecule has 2 atom stereocenters. The number of rotatable bonds is 1. The minimum absolute atomic E-state index is 0.279. The van der Waals surface area contributed by atoms with Gasteiger partial charge in [0.2, 0.25) is 0 Å². The van der Waals surface area contributed by atoms with Crippen molar-refractivity contribution in [2.75, 3.05) is 0 Å². The molecule has 3 rings (SSSR count). The van der Waals surface area contributed by atoms with Crippen molar-refractivity contribution in [3.05, 3.63) is 70.3 Å². The van der Waals surface area contributed by atoms with Crippen LogP contribution in [0.4, 0.5) is 0 Å². The molecule has 0 fully saturated rings. The molecule has 0 heterocycles. The summed E-state index contributed by atoms with van der Waals surface area (Å²) in [6.07, 6.45) is 13.4. The molecule has 0 saturated carbocycles. The van der Waals surface area contributed by atoms with Crippen LogP contribution in [-0.2, 0) is 0 Å². The topological polar surface area (TPSA) is 20.2 Å². The summed E-state index contributed by atoms with van der Waals surface area (Å²) < 4.78 is 0. The largest absolute Gasteiger partial charge is 0.388 e. The van der Waals surface area contributed by atoms with Gasteiger partial charge in [-0.15, -0.1) is 0 Å². The van der Waals surface area contributed by atoms with E-state index in [-0.39, 0.29) is 5.92 Å². The summed E-state index contributed by atoms with van der Waals surface area (Å²) in [4.78, 5) is 0. The van der Waals surface area contributed by atoms with Crippen LogP contribution in [0.25, 0.3) is 0 Å². The van der Waals surface area contributed by atoms with E-state index in [0.29, 0.717) is 5.02 Å². The van der Waals surface area contributed by atoms with Crippen LogP contribution in [0.1, 0.15) is 42.4 Å². The number of fused-ring (bicyclic) bond motifs is 1. The third-order valence-electron chi connectivity index (χ3n) is 3.88. The van der Waals surface area contributed by atoms with Crippen molar-refractivity contribution in [2.24, 2.45) is 0 Å². The van der Waals surface area contributed by atoms with Crippen LogP contribution in [0.2, 0.25) is 5.02 Å². The van der Waals surface area contributed by atoms with Crippen LogP contribution in [0, 0.1) is 0 Å². The lowest BCUT2D eigenvalue weighted by Crippen LogP contribution is -1.97. The summed E-state index contributed by atoms with van der Waals surface area (Å²) >= 11 is 6.02. The molecule has 0 saturated heterocycles. The Kier molecular flexibility index (Phi) is 3.58. The second kappa shape index (κ2) is 5.36. The van der Waals surface area contributed by atoms with Gasteiger partial charge in [0, 0.05) is 10.9 Å². The summed E-state index contributed by atoms with van der Waals surface area (Å²) in [5, 5.41) is 10.9. The molecule has 1 N–H and O–H groups in total. The Morgan fingerprint density at radius 2 is 1.95 bits per heavy atom. The van der Waals surface area contributed by atoms with E-state index >= 15 is 0 Å². The van der Waals surface area contributed by atoms with Gasteiger partial charge < -0.3 is 5.11 Å². The van der Waals surface area contributed by atoms with Crippen molar-refractivity contribution in [1.29, 1.82) is 0 Å². The van der Waals surface area contributed by atoms with Crippen molar-refractivity contribution in [1.82, 2.24) is 0 Å². The molecule has 2 heteroatoms. The molecule has 2 unspecified atom stereocenters. The zero-order valence-electron chi connectivity index (χ0n) is 10.7. The quantitative estimate of drug-likeness (QED) is 0.786. The number of hydrogen-bond acceptors (Lipinski definition) is 1. The van der Waals surface area contributed by atoms with Crippen molar-refractivity contribution < 1.29 is 5.11 Å². The highest BCUT2D eigenvalue weighted by molar-refractivity contribution is 6.30. The Bertz CT molecular complexity index is 569. The van der Waals surface area contributed by atoms with E-state index in [1.54, 1.807) is 0 Å². The van der Waals surface area contributed by atoms with Gasteiger partial charge >= 0.3 is 0 Å². The average Bonchev–Trinajstić information content (AvgIpc) is 2.66. The minimum Gasteiger partial charge on any atom is -0.388 e. The number of aliphatic hydroxyl groups excluding tert-OH is 1. The molecule has 2 aliphatic carbocycles. The normalized spacial score (nSPS) is 31.8. The van der Waals surface area contributed by atoms with Gasteiger partial charge in [-0.25, -0.2) is 0 Å². The molecule has 1 aromatic rings. The van der Waals surface area contributed by atoms with Crippen molar-refractivity contribution in [3.8, 4) is 0 Å². The molecule has 19 heavy (non-hydrogen) atoms. The first-order valence-corrected chi connectivity index (χ1v) is 7.14. The van der Waals surface area contributed by atoms with Crippen LogP contribution in [-0.4, -0.2) is 5.11 Å². The zero-order valence-corrected chi connectivity index (χ0v) is 11.5. The van der Waals surface area contributed by atoms with Crippen LogP contribution in [0.3, 0.4) is 0 Å². The second-order valence-corrected chi connectivity index (χ2v) is 5.59. The Hall–Kier alpha value is -1.31. The molecule has 0 bridgehead atoms. The van der Waals surface area contributed by atoms with Gasteiger partial charge in [0.05, 0.1) is 6.10 Å².